The van der Waals surface area contributed by atoms with Crippen LogP contribution in [0.5, 0.6) is 0 Å². The van der Waals surface area contributed by atoms with Crippen molar-refractivity contribution >= 4 is 0 Å². The van der Waals surface area contributed by atoms with Crippen LogP contribution in [-0.2, 0) is 4.74 Å². The highest BCUT2D eigenvalue weighted by Gasteiger charge is 2.25. The summed E-state index contributed by atoms with van der Waals surface area (Å²) in [5, 5.41) is 0. The van der Waals surface area contributed by atoms with Crippen LogP contribution in [0.4, 0.5) is 0 Å². The minimum atomic E-state index is 0.0605. The highest BCUT2D eigenvalue weighted by molar-refractivity contribution is 5.33. The molecule has 0 aliphatic heterocycles. The van der Waals surface area contributed by atoms with Crippen molar-refractivity contribution < 1.29 is 4.74 Å². The van der Waals surface area contributed by atoms with Gasteiger partial charge in [0.1, 0.15) is 6.10 Å². The molecule has 21 heavy (non-hydrogen) atoms. The van der Waals surface area contributed by atoms with Gasteiger partial charge in [-0.3, -0.25) is 0 Å². The molecule has 0 amide bonds. The Kier molecular flexibility index (Phi) is 5.83. The zero-order valence-corrected chi connectivity index (χ0v) is 12.3. The number of ether oxygens (including phenoxy) is 1. The van der Waals surface area contributed by atoms with Crippen LogP contribution in [0, 0.1) is 0 Å². The zero-order valence-electron chi connectivity index (χ0n) is 12.3. The van der Waals surface area contributed by atoms with Gasteiger partial charge in [0, 0.05) is 5.92 Å². The van der Waals surface area contributed by atoms with Crippen molar-refractivity contribution in [2.45, 2.75) is 24.9 Å². The molecule has 0 aromatic heterocycles. The maximum absolute atomic E-state index is 5.83. The van der Waals surface area contributed by atoms with E-state index < -0.39 is 0 Å². The first kappa shape index (κ1) is 15.1. The predicted molar refractivity (Wildman–Crippen MR) is 89.2 cm³/mol. The third-order valence-corrected chi connectivity index (χ3v) is 3.62. The van der Waals surface area contributed by atoms with Crippen LogP contribution in [0.1, 0.15) is 29.9 Å². The molecule has 2 aromatic rings. The fraction of sp³-hybridized carbons (Fsp3) is 0.200. The van der Waals surface area contributed by atoms with E-state index in [2.05, 4.69) is 61.7 Å². The van der Waals surface area contributed by atoms with Gasteiger partial charge < -0.3 is 4.74 Å². The van der Waals surface area contributed by atoms with Crippen molar-refractivity contribution in [3.63, 3.8) is 0 Å². The molecule has 0 radical (unpaired) electrons. The summed E-state index contributed by atoms with van der Waals surface area (Å²) >= 11 is 0. The molecular weight excluding hydrogens is 256 g/mol. The Morgan fingerprint density at radius 1 is 0.857 bits per heavy atom. The lowest BCUT2D eigenvalue weighted by atomic mass is 9.84. The third-order valence-electron chi connectivity index (χ3n) is 3.62. The monoisotopic (exact) mass is 278 g/mol. The van der Waals surface area contributed by atoms with Crippen molar-refractivity contribution in [2.75, 3.05) is 0 Å². The molecule has 0 saturated carbocycles. The average Bonchev–Trinajstić information content (AvgIpc) is 2.55. The van der Waals surface area contributed by atoms with Crippen molar-refractivity contribution in [2.24, 2.45) is 0 Å². The second-order valence-electron chi connectivity index (χ2n) is 5.01. The maximum atomic E-state index is 5.83. The van der Waals surface area contributed by atoms with Crippen LogP contribution >= 0.6 is 0 Å². The van der Waals surface area contributed by atoms with Gasteiger partial charge in [-0.15, -0.1) is 6.58 Å². The van der Waals surface area contributed by atoms with Gasteiger partial charge in [-0.2, -0.15) is 0 Å². The standard InChI is InChI=1S/C20H22O/c1-3-5-16-19(21-4-2)20(17-12-8-6-9-13-17)18-14-10-7-11-15-18/h3-4,6-15,19-20H,1-2,5,16H2/t19-/m0/s1. The highest BCUT2D eigenvalue weighted by atomic mass is 16.5. The summed E-state index contributed by atoms with van der Waals surface area (Å²) in [6.45, 7) is 7.55. The first-order valence-corrected chi connectivity index (χ1v) is 7.34. The Labute approximate surface area is 127 Å². The Morgan fingerprint density at radius 2 is 1.38 bits per heavy atom. The number of allylic oxidation sites excluding steroid dienone is 1. The Hall–Kier alpha value is -2.28. The summed E-state index contributed by atoms with van der Waals surface area (Å²) in [5.74, 6) is 0.199. The maximum Gasteiger partial charge on any atom is 0.109 e. The first-order valence-electron chi connectivity index (χ1n) is 7.34. The summed E-state index contributed by atoms with van der Waals surface area (Å²) in [7, 11) is 0. The number of hydrogen-bond acceptors (Lipinski definition) is 1. The molecule has 1 heteroatoms. The van der Waals surface area contributed by atoms with Gasteiger partial charge in [0.25, 0.3) is 0 Å². The molecule has 0 heterocycles. The predicted octanol–water partition coefficient (Wildman–Crippen LogP) is 5.31. The second kappa shape index (κ2) is 8.11. The van der Waals surface area contributed by atoms with E-state index in [0.29, 0.717) is 0 Å². The van der Waals surface area contributed by atoms with Gasteiger partial charge in [0.2, 0.25) is 0 Å². The molecule has 0 spiro atoms. The van der Waals surface area contributed by atoms with Crippen molar-refractivity contribution in [1.29, 1.82) is 0 Å². The van der Waals surface area contributed by atoms with E-state index in [0.717, 1.165) is 12.8 Å². The van der Waals surface area contributed by atoms with E-state index in [9.17, 15) is 0 Å². The lowest BCUT2D eigenvalue weighted by Crippen LogP contribution is -2.21. The molecule has 0 N–H and O–H groups in total. The number of benzene rings is 2. The lowest BCUT2D eigenvalue weighted by molar-refractivity contribution is 0.121. The molecule has 2 aromatic carbocycles. The number of hydrogen-bond donors (Lipinski definition) is 0. The lowest BCUT2D eigenvalue weighted by Gasteiger charge is -2.27. The molecule has 0 bridgehead atoms. The molecule has 0 aliphatic rings. The SMILES string of the molecule is C=CCC[C@H](OC=C)C(c1ccccc1)c1ccccc1. The third kappa shape index (κ3) is 4.09. The summed E-state index contributed by atoms with van der Waals surface area (Å²) < 4.78 is 5.83. The van der Waals surface area contributed by atoms with E-state index in [1.165, 1.54) is 11.1 Å². The zero-order chi connectivity index (χ0) is 14.9. The van der Waals surface area contributed by atoms with Gasteiger partial charge >= 0.3 is 0 Å². The second-order valence-corrected chi connectivity index (χ2v) is 5.01. The van der Waals surface area contributed by atoms with E-state index in [1.807, 2.05) is 18.2 Å². The number of rotatable bonds is 8. The smallest absolute Gasteiger partial charge is 0.109 e. The Balaban J connectivity index is 2.38. The van der Waals surface area contributed by atoms with E-state index in [1.54, 1.807) is 6.26 Å². The van der Waals surface area contributed by atoms with Crippen LogP contribution in [0.25, 0.3) is 0 Å². The van der Waals surface area contributed by atoms with Gasteiger partial charge in [0.05, 0.1) is 6.26 Å². The quantitative estimate of drug-likeness (QED) is 0.469. The van der Waals surface area contributed by atoms with Crippen LogP contribution in [0.15, 0.2) is 86.2 Å². The fourth-order valence-electron chi connectivity index (χ4n) is 2.66. The van der Waals surface area contributed by atoms with E-state index in [4.69, 9.17) is 4.74 Å². The normalized spacial score (nSPS) is 11.9. The summed E-state index contributed by atoms with van der Waals surface area (Å²) in [5.41, 5.74) is 2.53. The van der Waals surface area contributed by atoms with Crippen molar-refractivity contribution in [3.8, 4) is 0 Å². The molecule has 0 aliphatic carbocycles. The highest BCUT2D eigenvalue weighted by Crippen LogP contribution is 2.32. The Morgan fingerprint density at radius 3 is 1.81 bits per heavy atom. The van der Waals surface area contributed by atoms with Gasteiger partial charge in [0.15, 0.2) is 0 Å². The Bertz CT molecular complexity index is 505. The van der Waals surface area contributed by atoms with Crippen LogP contribution in [-0.4, -0.2) is 6.10 Å². The van der Waals surface area contributed by atoms with Crippen molar-refractivity contribution in [3.05, 3.63) is 97.3 Å². The van der Waals surface area contributed by atoms with Gasteiger partial charge in [-0.05, 0) is 24.0 Å². The molecule has 0 unspecified atom stereocenters. The molecule has 1 atom stereocenters. The fourth-order valence-corrected chi connectivity index (χ4v) is 2.66. The van der Waals surface area contributed by atoms with Crippen LogP contribution in [0.2, 0.25) is 0 Å². The molecule has 0 fully saturated rings. The average molecular weight is 278 g/mol. The topological polar surface area (TPSA) is 9.23 Å². The molecule has 0 saturated heterocycles. The van der Waals surface area contributed by atoms with Crippen LogP contribution < -0.4 is 0 Å². The molecule has 2 rings (SSSR count). The molecule has 1 nitrogen and oxygen atoms in total. The molecular formula is C20H22O. The minimum absolute atomic E-state index is 0.0605. The van der Waals surface area contributed by atoms with Crippen LogP contribution in [0.3, 0.4) is 0 Å². The first-order chi connectivity index (χ1) is 10.4. The van der Waals surface area contributed by atoms with E-state index >= 15 is 0 Å². The largest absolute Gasteiger partial charge is 0.498 e. The van der Waals surface area contributed by atoms with E-state index in [-0.39, 0.29) is 12.0 Å². The molecule has 108 valence electrons. The van der Waals surface area contributed by atoms with Crippen molar-refractivity contribution in [1.82, 2.24) is 0 Å². The summed E-state index contributed by atoms with van der Waals surface area (Å²) in [6, 6.07) is 21.0. The van der Waals surface area contributed by atoms with Gasteiger partial charge in [-0.1, -0.05) is 73.3 Å². The summed E-state index contributed by atoms with van der Waals surface area (Å²) in [4.78, 5) is 0. The summed E-state index contributed by atoms with van der Waals surface area (Å²) in [6.07, 6.45) is 5.39. The van der Waals surface area contributed by atoms with Gasteiger partial charge in [-0.25, -0.2) is 0 Å². The minimum Gasteiger partial charge on any atom is -0.498 e.